The summed E-state index contributed by atoms with van der Waals surface area (Å²) >= 11 is 4.04. The molecule has 1 fully saturated rings. The number of amides is 2. The molecule has 2 N–H and O–H groups in total. The molecule has 1 atom stereocenters. The van der Waals surface area contributed by atoms with E-state index in [1.165, 1.54) is 19.8 Å². The normalized spacial score (nSPS) is 19.1. The molecule has 1 saturated carbocycles. The van der Waals surface area contributed by atoms with E-state index in [0.717, 1.165) is 0 Å². The zero-order valence-electron chi connectivity index (χ0n) is 9.17. The third-order valence-corrected chi connectivity index (χ3v) is 3.03. The lowest BCUT2D eigenvalue weighted by Crippen LogP contribution is -2.48. The molecule has 0 radical (unpaired) electrons. The summed E-state index contributed by atoms with van der Waals surface area (Å²) in [7, 11) is 0. The Hall–Kier alpha value is -0.710. The Morgan fingerprint density at radius 2 is 2.07 bits per heavy atom. The van der Waals surface area contributed by atoms with E-state index in [-0.39, 0.29) is 17.2 Å². The molecule has 0 aromatic carbocycles. The molecule has 0 aromatic heterocycles. The van der Waals surface area contributed by atoms with Crippen molar-refractivity contribution in [2.45, 2.75) is 32.7 Å². The first-order valence-corrected chi connectivity index (χ1v) is 5.76. The SMILES string of the molecule is CC(=O)NC(CS)C(=O)NCC1(C)CC1. The van der Waals surface area contributed by atoms with Crippen LogP contribution in [-0.4, -0.2) is 30.2 Å². The number of hydrogen-bond acceptors (Lipinski definition) is 3. The number of hydrogen-bond donors (Lipinski definition) is 3. The van der Waals surface area contributed by atoms with E-state index >= 15 is 0 Å². The first-order chi connectivity index (χ1) is 6.97. The monoisotopic (exact) mass is 230 g/mol. The largest absolute Gasteiger partial charge is 0.354 e. The van der Waals surface area contributed by atoms with Crippen LogP contribution in [0, 0.1) is 5.41 Å². The highest BCUT2D eigenvalue weighted by atomic mass is 32.1. The lowest BCUT2D eigenvalue weighted by atomic mass is 10.1. The van der Waals surface area contributed by atoms with Crippen molar-refractivity contribution in [3.8, 4) is 0 Å². The van der Waals surface area contributed by atoms with Crippen molar-refractivity contribution in [2.75, 3.05) is 12.3 Å². The summed E-state index contributed by atoms with van der Waals surface area (Å²) in [6, 6.07) is -0.520. The van der Waals surface area contributed by atoms with Crippen LogP contribution >= 0.6 is 12.6 Å². The molecule has 0 aromatic rings. The second kappa shape index (κ2) is 4.88. The summed E-state index contributed by atoms with van der Waals surface area (Å²) in [4.78, 5) is 22.4. The molecular weight excluding hydrogens is 212 g/mol. The topological polar surface area (TPSA) is 58.2 Å². The van der Waals surface area contributed by atoms with Gasteiger partial charge in [-0.15, -0.1) is 0 Å². The van der Waals surface area contributed by atoms with Crippen LogP contribution in [0.2, 0.25) is 0 Å². The highest BCUT2D eigenvalue weighted by molar-refractivity contribution is 7.80. The number of carbonyl (C=O) groups excluding carboxylic acids is 2. The van der Waals surface area contributed by atoms with E-state index in [2.05, 4.69) is 30.2 Å². The average Bonchev–Trinajstić information content (AvgIpc) is 2.90. The van der Waals surface area contributed by atoms with Gasteiger partial charge in [0.2, 0.25) is 11.8 Å². The standard InChI is InChI=1S/C10H18N2O2S/c1-7(13)12-8(5-15)9(14)11-6-10(2)3-4-10/h8,15H,3-6H2,1-2H3,(H,11,14)(H,12,13). The van der Waals surface area contributed by atoms with Crippen LogP contribution in [0.1, 0.15) is 26.7 Å². The number of carbonyl (C=O) groups is 2. The van der Waals surface area contributed by atoms with Crippen LogP contribution in [0.3, 0.4) is 0 Å². The third-order valence-electron chi connectivity index (χ3n) is 2.67. The second-order valence-corrected chi connectivity index (χ2v) is 4.83. The molecule has 0 spiro atoms. The molecule has 0 aliphatic heterocycles. The van der Waals surface area contributed by atoms with Crippen LogP contribution in [0.25, 0.3) is 0 Å². The summed E-state index contributed by atoms with van der Waals surface area (Å²) in [5.41, 5.74) is 0.285. The molecule has 1 aliphatic rings. The second-order valence-electron chi connectivity index (χ2n) is 4.46. The molecule has 0 saturated heterocycles. The van der Waals surface area contributed by atoms with Crippen molar-refractivity contribution in [1.29, 1.82) is 0 Å². The molecule has 1 unspecified atom stereocenters. The van der Waals surface area contributed by atoms with Crippen molar-refractivity contribution >= 4 is 24.4 Å². The van der Waals surface area contributed by atoms with Crippen molar-refractivity contribution in [3.05, 3.63) is 0 Å². The summed E-state index contributed by atoms with van der Waals surface area (Å²) in [6.45, 7) is 4.23. The van der Waals surface area contributed by atoms with Gasteiger partial charge in [-0.25, -0.2) is 0 Å². The lowest BCUT2D eigenvalue weighted by molar-refractivity contribution is -0.127. The van der Waals surface area contributed by atoms with E-state index in [0.29, 0.717) is 12.3 Å². The molecule has 0 heterocycles. The first-order valence-electron chi connectivity index (χ1n) is 5.12. The minimum absolute atomic E-state index is 0.145. The van der Waals surface area contributed by atoms with Gasteiger partial charge in [0.1, 0.15) is 6.04 Å². The van der Waals surface area contributed by atoms with Gasteiger partial charge in [0.15, 0.2) is 0 Å². The highest BCUT2D eigenvalue weighted by Crippen LogP contribution is 2.43. The Balaban J connectivity index is 2.32. The van der Waals surface area contributed by atoms with Crippen LogP contribution in [0.15, 0.2) is 0 Å². The summed E-state index contributed by atoms with van der Waals surface area (Å²) in [5, 5.41) is 5.40. The van der Waals surface area contributed by atoms with Crippen LogP contribution in [-0.2, 0) is 9.59 Å². The van der Waals surface area contributed by atoms with Gasteiger partial charge in [0.05, 0.1) is 0 Å². The van der Waals surface area contributed by atoms with Gasteiger partial charge < -0.3 is 10.6 Å². The fourth-order valence-corrected chi connectivity index (χ4v) is 1.51. The molecule has 1 aliphatic carbocycles. The van der Waals surface area contributed by atoms with Gasteiger partial charge in [0, 0.05) is 19.2 Å². The van der Waals surface area contributed by atoms with Gasteiger partial charge in [0.25, 0.3) is 0 Å². The molecular formula is C10H18N2O2S. The molecule has 15 heavy (non-hydrogen) atoms. The summed E-state index contributed by atoms with van der Waals surface area (Å²) in [5.74, 6) is -0.0301. The molecule has 1 rings (SSSR count). The zero-order chi connectivity index (χ0) is 11.5. The summed E-state index contributed by atoms with van der Waals surface area (Å²) in [6.07, 6.45) is 2.33. The Kier molecular flexibility index (Phi) is 4.02. The quantitative estimate of drug-likeness (QED) is 0.596. The zero-order valence-corrected chi connectivity index (χ0v) is 10.1. The Morgan fingerprint density at radius 3 is 2.47 bits per heavy atom. The van der Waals surface area contributed by atoms with Gasteiger partial charge in [-0.05, 0) is 18.3 Å². The Morgan fingerprint density at radius 1 is 1.47 bits per heavy atom. The molecule has 2 amide bonds. The van der Waals surface area contributed by atoms with Gasteiger partial charge in [-0.3, -0.25) is 9.59 Å². The summed E-state index contributed by atoms with van der Waals surface area (Å²) < 4.78 is 0. The highest BCUT2D eigenvalue weighted by Gasteiger charge is 2.37. The number of rotatable bonds is 5. The van der Waals surface area contributed by atoms with Crippen molar-refractivity contribution in [3.63, 3.8) is 0 Å². The number of nitrogens with one attached hydrogen (secondary N) is 2. The number of thiol groups is 1. The van der Waals surface area contributed by atoms with Crippen molar-refractivity contribution in [1.82, 2.24) is 10.6 Å². The van der Waals surface area contributed by atoms with Gasteiger partial charge in [-0.1, -0.05) is 6.92 Å². The van der Waals surface area contributed by atoms with E-state index in [9.17, 15) is 9.59 Å². The third kappa shape index (κ3) is 4.11. The van der Waals surface area contributed by atoms with Gasteiger partial charge in [-0.2, -0.15) is 12.6 Å². The fourth-order valence-electron chi connectivity index (χ4n) is 1.25. The van der Waals surface area contributed by atoms with E-state index in [1.54, 1.807) is 0 Å². The smallest absolute Gasteiger partial charge is 0.243 e. The predicted molar refractivity (Wildman–Crippen MR) is 61.8 cm³/mol. The van der Waals surface area contributed by atoms with Gasteiger partial charge >= 0.3 is 0 Å². The lowest BCUT2D eigenvalue weighted by Gasteiger charge is -2.17. The van der Waals surface area contributed by atoms with Crippen LogP contribution < -0.4 is 10.6 Å². The minimum Gasteiger partial charge on any atom is -0.354 e. The molecule has 4 nitrogen and oxygen atoms in total. The maximum atomic E-state index is 11.6. The molecule has 5 heteroatoms. The maximum Gasteiger partial charge on any atom is 0.243 e. The molecule has 86 valence electrons. The first kappa shape index (κ1) is 12.4. The molecule has 0 bridgehead atoms. The van der Waals surface area contributed by atoms with Crippen molar-refractivity contribution < 1.29 is 9.59 Å². The van der Waals surface area contributed by atoms with Crippen LogP contribution in [0.4, 0.5) is 0 Å². The fraction of sp³-hybridized carbons (Fsp3) is 0.800. The Bertz CT molecular complexity index is 264. The predicted octanol–water partition coefficient (Wildman–Crippen LogP) is 0.337. The van der Waals surface area contributed by atoms with E-state index in [1.807, 2.05) is 0 Å². The van der Waals surface area contributed by atoms with Crippen molar-refractivity contribution in [2.24, 2.45) is 5.41 Å². The average molecular weight is 230 g/mol. The van der Waals surface area contributed by atoms with E-state index < -0.39 is 6.04 Å². The van der Waals surface area contributed by atoms with Crippen LogP contribution in [0.5, 0.6) is 0 Å². The Labute approximate surface area is 95.6 Å². The minimum atomic E-state index is -0.520. The van der Waals surface area contributed by atoms with E-state index in [4.69, 9.17) is 0 Å². The maximum absolute atomic E-state index is 11.6.